The fourth-order valence-electron chi connectivity index (χ4n) is 9.68. The second kappa shape index (κ2) is 19.7. The summed E-state index contributed by atoms with van der Waals surface area (Å²) in [5.41, 5.74) is 10.6. The number of nitriles is 8. The topological polar surface area (TPSA) is 234 Å². The predicted octanol–water partition coefficient (Wildman–Crippen LogP) is 13.6. The van der Waals surface area contributed by atoms with Crippen LogP contribution < -0.4 is 0 Å². The summed E-state index contributed by atoms with van der Waals surface area (Å²) in [5, 5.41) is 83.3. The SMILES string of the molecule is N#Cc1cc(C#N)cc(-c2ccc3c(c2)c2cc(-c4cc(C#N)cc(C#N)c4)ccc2n3-c2c(-c3cc(C#N)cc(C#N)c3)cc(-c3nc(-c4ccccc4)nc(-c4ccccc4)n3)cc2-c2cc(C#N)cc(C#N)c2)c1. The lowest BCUT2D eigenvalue weighted by Gasteiger charge is -2.21. The Morgan fingerprint density at radius 3 is 0.870 bits per heavy atom. The van der Waals surface area contributed by atoms with Crippen molar-refractivity contribution < 1.29 is 0 Å². The smallest absolute Gasteiger partial charge is 0.164 e. The molecular weight excluding hydrogens is 949 g/mol. The molecule has 0 N–H and O–H groups in total. The first kappa shape index (κ1) is 47.1. The van der Waals surface area contributed by atoms with E-state index in [9.17, 15) is 42.1 Å². The van der Waals surface area contributed by atoms with Crippen LogP contribution in [0.3, 0.4) is 0 Å². The summed E-state index contributed by atoms with van der Waals surface area (Å²) in [5.74, 6) is 1.08. The van der Waals surface area contributed by atoms with Crippen molar-refractivity contribution in [1.82, 2.24) is 19.5 Å². The van der Waals surface area contributed by atoms with Gasteiger partial charge in [-0.15, -0.1) is 0 Å². The van der Waals surface area contributed by atoms with Crippen molar-refractivity contribution in [2.24, 2.45) is 0 Å². The van der Waals surface area contributed by atoms with Crippen LogP contribution in [0.15, 0.2) is 182 Å². The van der Waals surface area contributed by atoms with Gasteiger partial charge in [-0.05, 0) is 143 Å². The fraction of sp³-hybridized carbons (Fsp3) is 0. The first-order valence-electron chi connectivity index (χ1n) is 23.7. The average Bonchev–Trinajstić information content (AvgIpc) is 4.05. The minimum Gasteiger partial charge on any atom is -0.308 e. The number of rotatable bonds is 8. The van der Waals surface area contributed by atoms with Crippen molar-refractivity contribution in [3.63, 3.8) is 0 Å². The standard InChI is InChI=1S/C65H30N12/c66-31-39-15-40(32-67)20-51(19-39)49-11-13-60-58(27-49)59-28-50(52-21-41(33-68)16-42(22-52)34-69)12-14-61(59)77(60)62-56(53-23-43(35-70)17-44(24-53)36-71)29-55(30-57(62)54-25-45(37-72)18-46(26-54)38-73)65-75-63(47-7-3-1-4-8-47)74-64(76-65)48-9-5-2-6-10-48/h1-30H. The van der Waals surface area contributed by atoms with Crippen molar-refractivity contribution in [2.75, 3.05) is 0 Å². The lowest BCUT2D eigenvalue weighted by Crippen LogP contribution is -2.04. The molecule has 0 bridgehead atoms. The third-order valence-corrected chi connectivity index (χ3v) is 13.1. The molecule has 0 spiro atoms. The van der Waals surface area contributed by atoms with Crippen LogP contribution in [0.4, 0.5) is 0 Å². The zero-order valence-electron chi connectivity index (χ0n) is 40.2. The Morgan fingerprint density at radius 2 is 0.558 bits per heavy atom. The van der Waals surface area contributed by atoms with Gasteiger partial charge in [-0.3, -0.25) is 0 Å². The third kappa shape index (κ3) is 8.84. The van der Waals surface area contributed by atoms with Crippen molar-refractivity contribution >= 4 is 21.8 Å². The Balaban J connectivity index is 1.31. The van der Waals surface area contributed by atoms with Gasteiger partial charge in [0.1, 0.15) is 0 Å². The molecule has 350 valence electrons. The molecule has 0 unspecified atom stereocenters. The van der Waals surface area contributed by atoms with Crippen molar-refractivity contribution in [3.8, 4) is 133 Å². The highest BCUT2D eigenvalue weighted by Gasteiger charge is 2.25. The molecule has 0 fully saturated rings. The van der Waals surface area contributed by atoms with E-state index in [2.05, 4.69) is 53.1 Å². The second-order valence-corrected chi connectivity index (χ2v) is 17.8. The maximum atomic E-state index is 10.5. The van der Waals surface area contributed by atoms with Gasteiger partial charge in [0.15, 0.2) is 17.5 Å². The fourth-order valence-corrected chi connectivity index (χ4v) is 9.68. The van der Waals surface area contributed by atoms with E-state index in [0.29, 0.717) is 101 Å². The number of fused-ring (bicyclic) bond motifs is 3. The Labute approximate surface area is 440 Å². The van der Waals surface area contributed by atoms with Gasteiger partial charge in [-0.25, -0.2) is 15.0 Å². The van der Waals surface area contributed by atoms with Gasteiger partial charge in [-0.1, -0.05) is 72.8 Å². The summed E-state index contributed by atoms with van der Waals surface area (Å²) in [6, 6.07) is 71.8. The zero-order chi connectivity index (χ0) is 53.2. The summed E-state index contributed by atoms with van der Waals surface area (Å²) in [6.45, 7) is 0. The van der Waals surface area contributed by atoms with Crippen molar-refractivity contribution in [3.05, 3.63) is 226 Å². The molecule has 0 saturated heterocycles. The van der Waals surface area contributed by atoms with Crippen LogP contribution in [-0.4, -0.2) is 19.5 Å². The van der Waals surface area contributed by atoms with E-state index in [0.717, 1.165) is 21.9 Å². The molecule has 12 heteroatoms. The summed E-state index contributed by atoms with van der Waals surface area (Å²) >= 11 is 0. The van der Waals surface area contributed by atoms with Crippen LogP contribution >= 0.6 is 0 Å². The molecule has 0 aliphatic heterocycles. The van der Waals surface area contributed by atoms with E-state index >= 15 is 0 Å². The average molecular weight is 979 g/mol. The number of nitrogens with zero attached hydrogens (tertiary/aromatic N) is 12. The molecule has 0 aliphatic carbocycles. The van der Waals surface area contributed by atoms with Crippen LogP contribution in [0.5, 0.6) is 0 Å². The van der Waals surface area contributed by atoms with Gasteiger partial charge < -0.3 is 4.57 Å². The highest BCUT2D eigenvalue weighted by atomic mass is 15.0. The number of hydrogen-bond donors (Lipinski definition) is 0. The molecule has 11 rings (SSSR count). The van der Waals surface area contributed by atoms with Crippen molar-refractivity contribution in [2.45, 2.75) is 0 Å². The van der Waals surface area contributed by atoms with Crippen LogP contribution in [0.1, 0.15) is 44.5 Å². The highest BCUT2D eigenvalue weighted by Crippen LogP contribution is 2.46. The normalized spacial score (nSPS) is 10.5. The summed E-state index contributed by atoms with van der Waals surface area (Å²) in [7, 11) is 0. The lowest BCUT2D eigenvalue weighted by atomic mass is 9.90. The maximum absolute atomic E-state index is 10.5. The van der Waals surface area contributed by atoms with E-state index in [1.807, 2.05) is 109 Å². The molecule has 0 amide bonds. The van der Waals surface area contributed by atoms with Crippen LogP contribution in [0.2, 0.25) is 0 Å². The molecule has 0 radical (unpaired) electrons. The van der Waals surface area contributed by atoms with Crippen LogP contribution in [-0.2, 0) is 0 Å². The Hall–Kier alpha value is -12.3. The van der Waals surface area contributed by atoms with E-state index in [1.165, 1.54) is 24.3 Å². The Bertz CT molecular complexity index is 4250. The maximum Gasteiger partial charge on any atom is 0.164 e. The summed E-state index contributed by atoms with van der Waals surface area (Å²) in [4.78, 5) is 15.1. The zero-order valence-corrected chi connectivity index (χ0v) is 40.2. The lowest BCUT2D eigenvalue weighted by molar-refractivity contribution is 1.07. The van der Waals surface area contributed by atoms with Crippen LogP contribution in [0.25, 0.3) is 106 Å². The second-order valence-electron chi connectivity index (χ2n) is 17.8. The molecule has 77 heavy (non-hydrogen) atoms. The van der Waals surface area contributed by atoms with Gasteiger partial charge in [0.25, 0.3) is 0 Å². The third-order valence-electron chi connectivity index (χ3n) is 13.1. The Morgan fingerprint density at radius 1 is 0.260 bits per heavy atom. The van der Waals surface area contributed by atoms with Gasteiger partial charge in [0.2, 0.25) is 0 Å². The molecule has 9 aromatic carbocycles. The predicted molar refractivity (Wildman–Crippen MR) is 290 cm³/mol. The van der Waals surface area contributed by atoms with Crippen molar-refractivity contribution in [1.29, 1.82) is 42.1 Å². The summed E-state index contributed by atoms with van der Waals surface area (Å²) in [6.07, 6.45) is 0. The molecule has 12 nitrogen and oxygen atoms in total. The summed E-state index contributed by atoms with van der Waals surface area (Å²) < 4.78 is 2.06. The number of hydrogen-bond acceptors (Lipinski definition) is 11. The van der Waals surface area contributed by atoms with Gasteiger partial charge in [0.05, 0.1) is 110 Å². The number of benzene rings is 9. The van der Waals surface area contributed by atoms with E-state index in [-0.39, 0.29) is 28.1 Å². The highest BCUT2D eigenvalue weighted by molar-refractivity contribution is 6.13. The monoisotopic (exact) mass is 978 g/mol. The van der Waals surface area contributed by atoms with Crippen LogP contribution in [0, 0.1) is 90.6 Å². The first-order chi connectivity index (χ1) is 37.7. The van der Waals surface area contributed by atoms with Gasteiger partial charge >= 0.3 is 0 Å². The number of aromatic nitrogens is 4. The van der Waals surface area contributed by atoms with E-state index in [1.54, 1.807) is 48.5 Å². The molecule has 2 heterocycles. The quantitative estimate of drug-likeness (QED) is 0.139. The molecule has 0 aliphatic rings. The molecule has 2 aromatic heterocycles. The molecular formula is C65H30N12. The van der Waals surface area contributed by atoms with E-state index < -0.39 is 0 Å². The van der Waals surface area contributed by atoms with Gasteiger partial charge in [-0.2, -0.15) is 42.1 Å². The minimum atomic E-state index is 0.220. The molecule has 0 saturated carbocycles. The molecule has 0 atom stereocenters. The van der Waals surface area contributed by atoms with E-state index in [4.69, 9.17) is 15.0 Å². The Kier molecular flexibility index (Phi) is 12.1. The first-order valence-corrected chi connectivity index (χ1v) is 23.7. The minimum absolute atomic E-state index is 0.220. The van der Waals surface area contributed by atoms with Gasteiger partial charge in [0, 0.05) is 38.6 Å². The molecule has 11 aromatic rings. The largest absolute Gasteiger partial charge is 0.308 e.